The molecule has 2 N–H and O–H groups in total. The highest BCUT2D eigenvalue weighted by Gasteiger charge is 2.35. The van der Waals surface area contributed by atoms with Crippen LogP contribution in [0.1, 0.15) is 31.4 Å². The van der Waals surface area contributed by atoms with Gasteiger partial charge in [-0.3, -0.25) is 14.6 Å². The van der Waals surface area contributed by atoms with Crippen molar-refractivity contribution in [2.24, 2.45) is 11.8 Å². The average molecular weight is 329 g/mol. The molecule has 0 atom stereocenters. The topological polar surface area (TPSA) is 86.3 Å². The lowest BCUT2D eigenvalue weighted by molar-refractivity contribution is -0.141. The molecule has 4 rings (SSSR count). The molecule has 6 heteroatoms. The van der Waals surface area contributed by atoms with Crippen molar-refractivity contribution in [3.05, 3.63) is 30.2 Å². The number of nitrogens with one attached hydrogen (secondary N) is 1. The fourth-order valence-corrected chi connectivity index (χ4v) is 3.78. The van der Waals surface area contributed by atoms with Crippen LogP contribution in [0.5, 0.6) is 0 Å². The summed E-state index contributed by atoms with van der Waals surface area (Å²) in [6.07, 6.45) is 9.47. The summed E-state index contributed by atoms with van der Waals surface area (Å²) in [4.78, 5) is 30.5. The predicted octanol–water partition coefficient (Wildman–Crippen LogP) is 2.45. The van der Waals surface area contributed by atoms with E-state index in [4.69, 9.17) is 9.90 Å². The molecule has 2 aromatic heterocycles. The summed E-state index contributed by atoms with van der Waals surface area (Å²) in [5.41, 5.74) is 2.29. The van der Waals surface area contributed by atoms with E-state index in [9.17, 15) is 4.79 Å². The summed E-state index contributed by atoms with van der Waals surface area (Å²) in [7, 11) is 0. The molecule has 1 saturated heterocycles. The number of likely N-dealkylation sites (tertiary alicyclic amines) is 1. The molecule has 2 aromatic rings. The summed E-state index contributed by atoms with van der Waals surface area (Å²) in [6.45, 7) is 1.57. The van der Waals surface area contributed by atoms with Gasteiger partial charge in [-0.25, -0.2) is 0 Å². The number of aromatic amines is 1. The molecular weight excluding hydrogens is 306 g/mol. The second-order valence-corrected chi connectivity index (χ2v) is 6.60. The average Bonchev–Trinajstić information content (AvgIpc) is 3.21. The van der Waals surface area contributed by atoms with Crippen LogP contribution in [-0.4, -0.2) is 45.4 Å². The first-order chi connectivity index (χ1) is 11.7. The number of nitrogens with zero attached hydrogens (tertiary/aromatic N) is 2. The van der Waals surface area contributed by atoms with E-state index in [-0.39, 0.29) is 6.47 Å². The fraction of sp³-hybridized carbons (Fsp3) is 0.500. The van der Waals surface area contributed by atoms with Crippen molar-refractivity contribution >= 4 is 23.3 Å². The normalized spacial score (nSPS) is 18.1. The van der Waals surface area contributed by atoms with E-state index in [1.807, 2.05) is 18.5 Å². The summed E-state index contributed by atoms with van der Waals surface area (Å²) in [6, 6.07) is 4.11. The number of pyridine rings is 1. The van der Waals surface area contributed by atoms with Gasteiger partial charge in [0.25, 0.3) is 6.47 Å². The Balaban J connectivity index is 0.000000526. The van der Waals surface area contributed by atoms with Gasteiger partial charge in [0.2, 0.25) is 5.91 Å². The molecule has 0 unspecified atom stereocenters. The summed E-state index contributed by atoms with van der Waals surface area (Å²) in [5.74, 6) is 1.28. The third kappa shape index (κ3) is 3.42. The standard InChI is InChI=1S/C17H21N3O.CH2O2/c21-17(14-3-1-2-4-14)20-10-12(11-20)9-15-16-13(5-7-18-15)6-8-19-16;2-1-3/h5-8,12,14,19H,1-4,9-11H2;1H,(H,2,3). The molecule has 1 aliphatic carbocycles. The molecule has 128 valence electrons. The van der Waals surface area contributed by atoms with Gasteiger partial charge >= 0.3 is 0 Å². The molecule has 1 amide bonds. The van der Waals surface area contributed by atoms with E-state index >= 15 is 0 Å². The minimum absolute atomic E-state index is 0.250. The first-order valence-corrected chi connectivity index (χ1v) is 8.50. The number of amides is 1. The Labute approximate surface area is 140 Å². The first-order valence-electron chi connectivity index (χ1n) is 8.50. The van der Waals surface area contributed by atoms with Gasteiger partial charge in [-0.2, -0.15) is 0 Å². The Morgan fingerprint density at radius 2 is 2.04 bits per heavy atom. The molecular formula is C18H23N3O3. The number of H-pyrrole nitrogens is 1. The number of carbonyl (C=O) groups excluding carboxylic acids is 1. The van der Waals surface area contributed by atoms with Gasteiger partial charge in [0, 0.05) is 36.8 Å². The SMILES string of the molecule is O=C(C1CCCC1)N1CC(Cc2nccc3cc[nH]c23)C1.O=CO. The zero-order chi connectivity index (χ0) is 16.9. The minimum atomic E-state index is -0.250. The Morgan fingerprint density at radius 3 is 2.75 bits per heavy atom. The van der Waals surface area contributed by atoms with E-state index in [1.165, 1.54) is 18.2 Å². The van der Waals surface area contributed by atoms with Crippen LogP contribution in [0.2, 0.25) is 0 Å². The van der Waals surface area contributed by atoms with E-state index in [1.54, 1.807) is 0 Å². The monoisotopic (exact) mass is 329 g/mol. The van der Waals surface area contributed by atoms with E-state index in [0.29, 0.717) is 17.7 Å². The zero-order valence-electron chi connectivity index (χ0n) is 13.6. The van der Waals surface area contributed by atoms with Gasteiger partial charge in [0.15, 0.2) is 0 Å². The van der Waals surface area contributed by atoms with Crippen LogP contribution in [0, 0.1) is 11.8 Å². The molecule has 0 spiro atoms. The Kier molecular flexibility index (Phi) is 5.13. The third-order valence-electron chi connectivity index (χ3n) is 5.01. The van der Waals surface area contributed by atoms with Gasteiger partial charge < -0.3 is 15.0 Å². The smallest absolute Gasteiger partial charge is 0.290 e. The molecule has 2 fully saturated rings. The first kappa shape index (κ1) is 16.5. The maximum absolute atomic E-state index is 12.3. The highest BCUT2D eigenvalue weighted by molar-refractivity contribution is 5.81. The van der Waals surface area contributed by atoms with Gasteiger partial charge in [-0.1, -0.05) is 12.8 Å². The number of fused-ring (bicyclic) bond motifs is 1. The number of carbonyl (C=O) groups is 2. The molecule has 3 heterocycles. The lowest BCUT2D eigenvalue weighted by atomic mass is 9.92. The van der Waals surface area contributed by atoms with Crippen molar-refractivity contribution < 1.29 is 14.7 Å². The number of carboxylic acid groups (broad SMARTS) is 1. The van der Waals surface area contributed by atoms with E-state index in [2.05, 4.69) is 20.9 Å². The van der Waals surface area contributed by atoms with E-state index < -0.39 is 0 Å². The molecule has 2 aliphatic rings. The third-order valence-corrected chi connectivity index (χ3v) is 5.01. The number of rotatable bonds is 3. The summed E-state index contributed by atoms with van der Waals surface area (Å²) >= 11 is 0. The maximum atomic E-state index is 12.3. The highest BCUT2D eigenvalue weighted by atomic mass is 16.3. The van der Waals surface area contributed by atoms with Crippen molar-refractivity contribution in [1.29, 1.82) is 0 Å². The van der Waals surface area contributed by atoms with Gasteiger partial charge in [-0.05, 0) is 37.3 Å². The van der Waals surface area contributed by atoms with Crippen LogP contribution in [0.4, 0.5) is 0 Å². The maximum Gasteiger partial charge on any atom is 0.290 e. The molecule has 0 radical (unpaired) electrons. The predicted molar refractivity (Wildman–Crippen MR) is 90.5 cm³/mol. The van der Waals surface area contributed by atoms with Crippen LogP contribution in [0.15, 0.2) is 24.5 Å². The quantitative estimate of drug-likeness (QED) is 0.847. The van der Waals surface area contributed by atoms with Crippen LogP contribution < -0.4 is 0 Å². The molecule has 1 aliphatic heterocycles. The van der Waals surface area contributed by atoms with Crippen LogP contribution >= 0.6 is 0 Å². The van der Waals surface area contributed by atoms with Gasteiger partial charge in [0.1, 0.15) is 0 Å². The largest absolute Gasteiger partial charge is 0.483 e. The molecule has 1 saturated carbocycles. The van der Waals surface area contributed by atoms with Crippen LogP contribution in [-0.2, 0) is 16.0 Å². The van der Waals surface area contributed by atoms with Crippen molar-refractivity contribution in [2.75, 3.05) is 13.1 Å². The van der Waals surface area contributed by atoms with Crippen molar-refractivity contribution in [3.8, 4) is 0 Å². The zero-order valence-corrected chi connectivity index (χ0v) is 13.6. The second kappa shape index (κ2) is 7.47. The van der Waals surface area contributed by atoms with Crippen LogP contribution in [0.3, 0.4) is 0 Å². The molecule has 0 bridgehead atoms. The van der Waals surface area contributed by atoms with Crippen molar-refractivity contribution in [3.63, 3.8) is 0 Å². The van der Waals surface area contributed by atoms with E-state index in [0.717, 1.165) is 43.6 Å². The van der Waals surface area contributed by atoms with Crippen molar-refractivity contribution in [1.82, 2.24) is 14.9 Å². The minimum Gasteiger partial charge on any atom is -0.483 e. The van der Waals surface area contributed by atoms with Gasteiger partial charge in [0.05, 0.1) is 11.2 Å². The second-order valence-electron chi connectivity index (χ2n) is 6.60. The number of aromatic nitrogens is 2. The van der Waals surface area contributed by atoms with Crippen molar-refractivity contribution in [2.45, 2.75) is 32.1 Å². The Morgan fingerprint density at radius 1 is 1.33 bits per heavy atom. The summed E-state index contributed by atoms with van der Waals surface area (Å²) in [5, 5.41) is 8.11. The molecule has 6 nitrogen and oxygen atoms in total. The number of hydrogen-bond acceptors (Lipinski definition) is 3. The Bertz CT molecular complexity index is 700. The van der Waals surface area contributed by atoms with Crippen LogP contribution in [0.25, 0.3) is 10.9 Å². The lowest BCUT2D eigenvalue weighted by Gasteiger charge is -2.40. The molecule has 0 aromatic carbocycles. The lowest BCUT2D eigenvalue weighted by Crippen LogP contribution is -2.52. The van der Waals surface area contributed by atoms with Gasteiger partial charge in [-0.15, -0.1) is 0 Å². The fourth-order valence-electron chi connectivity index (χ4n) is 3.78. The molecule has 24 heavy (non-hydrogen) atoms. The Hall–Kier alpha value is -2.37. The summed E-state index contributed by atoms with van der Waals surface area (Å²) < 4.78 is 0. The number of hydrogen-bond donors (Lipinski definition) is 2. The highest BCUT2D eigenvalue weighted by Crippen LogP contribution is 2.30.